The highest BCUT2D eigenvalue weighted by atomic mass is 79.9. The van der Waals surface area contributed by atoms with Crippen molar-refractivity contribution in [2.24, 2.45) is 0 Å². The standard InChI is InChI=1S/C34H35BrClN3O4S/c1-24(2)37-34(41)32(21-26-10-5-4-6-11-26)38(22-27-12-9-13-28(35)20-27)33(40)23-39(31-15-8-7-14-30(31)36)44(42,43)29-18-16-25(3)17-19-29/h4-20,24,32H,21-23H2,1-3H3,(H,37,41)/t32-/m0/s1. The molecule has 0 aliphatic rings. The third-order valence-electron chi connectivity index (χ3n) is 6.95. The van der Waals surface area contributed by atoms with Gasteiger partial charge in [-0.1, -0.05) is 99.8 Å². The van der Waals surface area contributed by atoms with Gasteiger partial charge < -0.3 is 10.2 Å². The van der Waals surface area contributed by atoms with E-state index in [1.54, 1.807) is 36.4 Å². The van der Waals surface area contributed by atoms with Gasteiger partial charge in [0.05, 0.1) is 15.6 Å². The van der Waals surface area contributed by atoms with Crippen LogP contribution in [0, 0.1) is 6.92 Å². The average molecular weight is 697 g/mol. The van der Waals surface area contributed by atoms with Gasteiger partial charge in [0.2, 0.25) is 11.8 Å². The molecule has 0 aliphatic carbocycles. The van der Waals surface area contributed by atoms with Gasteiger partial charge >= 0.3 is 0 Å². The van der Waals surface area contributed by atoms with E-state index in [2.05, 4.69) is 21.2 Å². The van der Waals surface area contributed by atoms with Gasteiger partial charge in [-0.05, 0) is 68.3 Å². The zero-order valence-electron chi connectivity index (χ0n) is 24.8. The smallest absolute Gasteiger partial charge is 0.264 e. The van der Waals surface area contributed by atoms with Crippen molar-refractivity contribution >= 4 is 55.1 Å². The van der Waals surface area contributed by atoms with E-state index in [-0.39, 0.29) is 40.5 Å². The first-order valence-electron chi connectivity index (χ1n) is 14.2. The molecular formula is C34H35BrClN3O4S. The molecule has 4 rings (SSSR count). The summed E-state index contributed by atoms with van der Waals surface area (Å²) in [7, 11) is -4.23. The molecule has 0 unspecified atom stereocenters. The minimum absolute atomic E-state index is 0.0211. The highest BCUT2D eigenvalue weighted by Crippen LogP contribution is 2.31. The Bertz CT molecular complexity index is 1700. The van der Waals surface area contributed by atoms with Gasteiger partial charge in [-0.25, -0.2) is 8.42 Å². The predicted molar refractivity (Wildman–Crippen MR) is 179 cm³/mol. The van der Waals surface area contributed by atoms with Gasteiger partial charge in [-0.2, -0.15) is 0 Å². The second kappa shape index (κ2) is 14.9. The highest BCUT2D eigenvalue weighted by molar-refractivity contribution is 9.10. The number of sulfonamides is 1. The number of hydrogen-bond acceptors (Lipinski definition) is 4. The van der Waals surface area contributed by atoms with Crippen molar-refractivity contribution in [1.82, 2.24) is 10.2 Å². The summed E-state index contributed by atoms with van der Waals surface area (Å²) in [6, 6.07) is 28.7. The zero-order chi connectivity index (χ0) is 31.9. The van der Waals surface area contributed by atoms with Crippen molar-refractivity contribution in [2.75, 3.05) is 10.8 Å². The molecule has 1 atom stereocenters. The maximum atomic E-state index is 14.5. The summed E-state index contributed by atoms with van der Waals surface area (Å²) in [6.45, 7) is 5.06. The summed E-state index contributed by atoms with van der Waals surface area (Å²) < 4.78 is 30.1. The Balaban J connectivity index is 1.82. The Morgan fingerprint density at radius 1 is 0.864 bits per heavy atom. The van der Waals surface area contributed by atoms with Gasteiger partial charge in [0.1, 0.15) is 12.6 Å². The number of nitrogens with zero attached hydrogens (tertiary/aromatic N) is 2. The van der Waals surface area contributed by atoms with Crippen LogP contribution < -0.4 is 9.62 Å². The normalized spacial score (nSPS) is 12.0. The van der Waals surface area contributed by atoms with Crippen LogP contribution in [0.1, 0.15) is 30.5 Å². The van der Waals surface area contributed by atoms with Crippen LogP contribution in [0.25, 0.3) is 0 Å². The van der Waals surface area contributed by atoms with Gasteiger partial charge in [0.15, 0.2) is 0 Å². The summed E-state index contributed by atoms with van der Waals surface area (Å²) in [5.74, 6) is -0.890. The number of carbonyl (C=O) groups is 2. The molecule has 0 aliphatic heterocycles. The second-order valence-corrected chi connectivity index (χ2v) is 14.0. The van der Waals surface area contributed by atoms with Crippen LogP contribution in [0.3, 0.4) is 0 Å². The van der Waals surface area contributed by atoms with Crippen molar-refractivity contribution in [2.45, 2.75) is 50.7 Å². The van der Waals surface area contributed by atoms with Crippen LogP contribution in [0.5, 0.6) is 0 Å². The van der Waals surface area contributed by atoms with Crippen LogP contribution in [0.2, 0.25) is 5.02 Å². The molecule has 4 aromatic rings. The van der Waals surface area contributed by atoms with Crippen molar-refractivity contribution in [1.29, 1.82) is 0 Å². The molecule has 44 heavy (non-hydrogen) atoms. The van der Waals surface area contributed by atoms with Crippen LogP contribution in [0.4, 0.5) is 5.69 Å². The second-order valence-electron chi connectivity index (χ2n) is 10.8. The number of nitrogens with one attached hydrogen (secondary N) is 1. The molecule has 0 saturated carbocycles. The van der Waals surface area contributed by atoms with E-state index < -0.39 is 28.5 Å². The Morgan fingerprint density at radius 3 is 2.14 bits per heavy atom. The molecule has 0 saturated heterocycles. The van der Waals surface area contributed by atoms with Crippen molar-refractivity contribution < 1.29 is 18.0 Å². The fraction of sp³-hybridized carbons (Fsp3) is 0.235. The van der Waals surface area contributed by atoms with Gasteiger partial charge in [0.25, 0.3) is 10.0 Å². The van der Waals surface area contributed by atoms with E-state index in [0.29, 0.717) is 0 Å². The molecular weight excluding hydrogens is 662 g/mol. The number of para-hydroxylation sites is 1. The molecule has 7 nitrogen and oxygen atoms in total. The lowest BCUT2D eigenvalue weighted by molar-refractivity contribution is -0.140. The zero-order valence-corrected chi connectivity index (χ0v) is 27.9. The maximum absolute atomic E-state index is 14.5. The molecule has 10 heteroatoms. The topological polar surface area (TPSA) is 86.8 Å². The number of anilines is 1. The Hall–Kier alpha value is -3.66. The summed E-state index contributed by atoms with van der Waals surface area (Å²) >= 11 is 10.0. The van der Waals surface area contributed by atoms with Crippen LogP contribution in [-0.4, -0.2) is 43.8 Å². The molecule has 230 valence electrons. The van der Waals surface area contributed by atoms with E-state index in [0.717, 1.165) is 25.5 Å². The first-order chi connectivity index (χ1) is 21.0. The molecule has 0 radical (unpaired) electrons. The lowest BCUT2D eigenvalue weighted by Gasteiger charge is -2.34. The number of hydrogen-bond donors (Lipinski definition) is 1. The number of rotatable bonds is 12. The SMILES string of the molecule is Cc1ccc(S(=O)(=O)N(CC(=O)N(Cc2cccc(Br)c2)[C@@H](Cc2ccccc2)C(=O)NC(C)C)c2ccccc2Cl)cc1. The average Bonchev–Trinajstić information content (AvgIpc) is 2.98. The summed E-state index contributed by atoms with van der Waals surface area (Å²) in [4.78, 5) is 29.7. The van der Waals surface area contributed by atoms with E-state index in [1.165, 1.54) is 17.0 Å². The Morgan fingerprint density at radius 2 is 1.50 bits per heavy atom. The Kier molecular flexibility index (Phi) is 11.2. The molecule has 4 aromatic carbocycles. The first kappa shape index (κ1) is 33.2. The highest BCUT2D eigenvalue weighted by Gasteiger charge is 2.35. The van der Waals surface area contributed by atoms with Crippen molar-refractivity contribution in [3.63, 3.8) is 0 Å². The summed E-state index contributed by atoms with van der Waals surface area (Å²) in [5.41, 5.74) is 2.69. The van der Waals surface area contributed by atoms with Crippen molar-refractivity contribution in [3.8, 4) is 0 Å². The minimum atomic E-state index is -4.23. The third kappa shape index (κ3) is 8.49. The molecule has 1 N–H and O–H groups in total. The lowest BCUT2D eigenvalue weighted by atomic mass is 10.0. The molecule has 0 spiro atoms. The van der Waals surface area contributed by atoms with E-state index in [9.17, 15) is 18.0 Å². The maximum Gasteiger partial charge on any atom is 0.264 e. The molecule has 0 aromatic heterocycles. The van der Waals surface area contributed by atoms with Crippen LogP contribution >= 0.6 is 27.5 Å². The van der Waals surface area contributed by atoms with E-state index in [4.69, 9.17) is 11.6 Å². The van der Waals surface area contributed by atoms with Gasteiger partial charge in [-0.15, -0.1) is 0 Å². The summed E-state index contributed by atoms with van der Waals surface area (Å²) in [5, 5.41) is 3.13. The number of amides is 2. The summed E-state index contributed by atoms with van der Waals surface area (Å²) in [6.07, 6.45) is 0.232. The monoisotopic (exact) mass is 695 g/mol. The van der Waals surface area contributed by atoms with Gasteiger partial charge in [0, 0.05) is 23.5 Å². The fourth-order valence-corrected chi connectivity index (χ4v) is 6.94. The fourth-order valence-electron chi connectivity index (χ4n) is 4.77. The number of benzene rings is 4. The largest absolute Gasteiger partial charge is 0.352 e. The van der Waals surface area contributed by atoms with Crippen LogP contribution in [-0.2, 0) is 32.6 Å². The van der Waals surface area contributed by atoms with Crippen LogP contribution in [0.15, 0.2) is 112 Å². The predicted octanol–water partition coefficient (Wildman–Crippen LogP) is 6.77. The molecule has 2 amide bonds. The minimum Gasteiger partial charge on any atom is -0.352 e. The molecule has 0 fully saturated rings. The Labute approximate surface area is 273 Å². The van der Waals surface area contributed by atoms with E-state index >= 15 is 0 Å². The third-order valence-corrected chi connectivity index (χ3v) is 9.54. The van der Waals surface area contributed by atoms with Crippen molar-refractivity contribution in [3.05, 3.63) is 129 Å². The lowest BCUT2D eigenvalue weighted by Crippen LogP contribution is -2.54. The van der Waals surface area contributed by atoms with E-state index in [1.807, 2.05) is 75.4 Å². The van der Waals surface area contributed by atoms with Gasteiger partial charge in [-0.3, -0.25) is 13.9 Å². The molecule has 0 bridgehead atoms. The molecule has 0 heterocycles. The first-order valence-corrected chi connectivity index (χ1v) is 16.8. The number of aryl methyl sites for hydroxylation is 1. The number of carbonyl (C=O) groups excluding carboxylic acids is 2. The number of halogens is 2. The quantitative estimate of drug-likeness (QED) is 0.177.